The molecule has 3 rings (SSSR count). The molecular weight excluding hydrogens is 335 g/mol. The molecule has 0 atom stereocenters. The molecule has 0 amide bonds. The highest BCUT2D eigenvalue weighted by Gasteiger charge is 2.37. The highest BCUT2D eigenvalue weighted by atomic mass is 19.4. The topological polar surface area (TPSA) is 74.2 Å². The summed E-state index contributed by atoms with van der Waals surface area (Å²) in [6.45, 7) is 3.67. The number of ether oxygens (including phenoxy) is 1. The van der Waals surface area contributed by atoms with Crippen LogP contribution in [-0.2, 0) is 11.7 Å². The van der Waals surface area contributed by atoms with Gasteiger partial charge >= 0.3 is 6.18 Å². The van der Waals surface area contributed by atoms with Crippen molar-refractivity contribution in [3.63, 3.8) is 0 Å². The minimum atomic E-state index is -4.49. The smallest absolute Gasteiger partial charge is 0.416 e. The molecule has 25 heavy (non-hydrogen) atoms. The van der Waals surface area contributed by atoms with E-state index >= 15 is 0 Å². The first-order chi connectivity index (χ1) is 11.8. The van der Waals surface area contributed by atoms with Gasteiger partial charge in [-0.25, -0.2) is 0 Å². The van der Waals surface area contributed by atoms with Crippen molar-refractivity contribution in [3.8, 4) is 17.2 Å². The lowest BCUT2D eigenvalue weighted by atomic mass is 9.98. The van der Waals surface area contributed by atoms with Crippen LogP contribution in [0.1, 0.15) is 37.1 Å². The van der Waals surface area contributed by atoms with Gasteiger partial charge in [0.15, 0.2) is 5.82 Å². The minimum Gasteiger partial charge on any atom is -0.489 e. The van der Waals surface area contributed by atoms with E-state index in [9.17, 15) is 13.2 Å². The summed E-state index contributed by atoms with van der Waals surface area (Å²) in [5, 5.41) is 3.89. The molecule has 0 saturated heterocycles. The van der Waals surface area contributed by atoms with Crippen LogP contribution in [0.15, 0.2) is 35.4 Å². The number of benzene rings is 1. The molecule has 0 spiro atoms. The Kier molecular flexibility index (Phi) is 4.55. The zero-order valence-electron chi connectivity index (χ0n) is 13.5. The van der Waals surface area contributed by atoms with Crippen LogP contribution in [0, 0.1) is 0 Å². The maximum absolute atomic E-state index is 13.0. The van der Waals surface area contributed by atoms with E-state index < -0.39 is 17.3 Å². The highest BCUT2D eigenvalue weighted by Crippen LogP contribution is 2.39. The molecule has 8 heteroatoms. The fraction of sp³-hybridized carbons (Fsp3) is 0.412. The molecule has 2 N–H and O–H groups in total. The molecular formula is C17H18F3N3O2. The molecule has 1 aliphatic rings. The summed E-state index contributed by atoms with van der Waals surface area (Å²) in [7, 11) is 0. The maximum Gasteiger partial charge on any atom is 0.416 e. The Morgan fingerprint density at radius 2 is 2.04 bits per heavy atom. The Morgan fingerprint density at radius 1 is 1.32 bits per heavy atom. The van der Waals surface area contributed by atoms with Crippen LogP contribution in [-0.4, -0.2) is 16.7 Å². The van der Waals surface area contributed by atoms with Crippen LogP contribution in [0.4, 0.5) is 13.2 Å². The second-order valence-electron chi connectivity index (χ2n) is 6.09. The number of hydrogen-bond acceptors (Lipinski definition) is 5. The third kappa shape index (κ3) is 3.53. The fourth-order valence-corrected chi connectivity index (χ4v) is 2.91. The average molecular weight is 353 g/mol. The zero-order valence-corrected chi connectivity index (χ0v) is 13.5. The van der Waals surface area contributed by atoms with Crippen LogP contribution in [0.25, 0.3) is 11.5 Å². The molecule has 0 unspecified atom stereocenters. The number of nitrogens with two attached hydrogens (primary N) is 1. The Bertz CT molecular complexity index is 765. The van der Waals surface area contributed by atoms with Crippen LogP contribution in [0.2, 0.25) is 0 Å². The highest BCUT2D eigenvalue weighted by molar-refractivity contribution is 5.64. The van der Waals surface area contributed by atoms with Gasteiger partial charge in [-0.1, -0.05) is 30.7 Å². The first-order valence-corrected chi connectivity index (χ1v) is 7.92. The van der Waals surface area contributed by atoms with Gasteiger partial charge < -0.3 is 15.0 Å². The van der Waals surface area contributed by atoms with Gasteiger partial charge in [0.1, 0.15) is 12.4 Å². The van der Waals surface area contributed by atoms with Crippen LogP contribution >= 0.6 is 0 Å². The summed E-state index contributed by atoms with van der Waals surface area (Å²) in [6.07, 6.45) is 0.348. The first-order valence-electron chi connectivity index (χ1n) is 7.92. The lowest BCUT2D eigenvalue weighted by molar-refractivity contribution is -0.137. The van der Waals surface area contributed by atoms with Crippen molar-refractivity contribution in [2.75, 3.05) is 6.61 Å². The largest absolute Gasteiger partial charge is 0.489 e. The quantitative estimate of drug-likeness (QED) is 0.821. The van der Waals surface area contributed by atoms with Crippen molar-refractivity contribution < 1.29 is 22.4 Å². The number of rotatable bonds is 5. The van der Waals surface area contributed by atoms with E-state index in [-0.39, 0.29) is 23.8 Å². The monoisotopic (exact) mass is 353 g/mol. The van der Waals surface area contributed by atoms with E-state index in [1.165, 1.54) is 12.1 Å². The summed E-state index contributed by atoms with van der Waals surface area (Å²) >= 11 is 0. The molecule has 1 saturated carbocycles. The van der Waals surface area contributed by atoms with E-state index in [1.54, 1.807) is 0 Å². The van der Waals surface area contributed by atoms with Gasteiger partial charge in [-0.05, 0) is 31.0 Å². The van der Waals surface area contributed by atoms with E-state index in [2.05, 4.69) is 16.7 Å². The minimum absolute atomic E-state index is 0.0445. The fourth-order valence-electron chi connectivity index (χ4n) is 2.91. The normalized spacial score (nSPS) is 16.8. The van der Waals surface area contributed by atoms with Gasteiger partial charge in [0.2, 0.25) is 0 Å². The summed E-state index contributed by atoms with van der Waals surface area (Å²) in [5.74, 6) is 0.476. The summed E-state index contributed by atoms with van der Waals surface area (Å²) < 4.78 is 49.7. The van der Waals surface area contributed by atoms with Gasteiger partial charge in [0.05, 0.1) is 16.7 Å². The van der Waals surface area contributed by atoms with Gasteiger partial charge in [-0.3, -0.25) is 0 Å². The molecule has 5 nitrogen and oxygen atoms in total. The van der Waals surface area contributed by atoms with Crippen molar-refractivity contribution in [2.24, 2.45) is 5.73 Å². The number of nitrogens with zero attached hydrogens (tertiary/aromatic N) is 2. The van der Waals surface area contributed by atoms with Gasteiger partial charge in [0, 0.05) is 0 Å². The van der Waals surface area contributed by atoms with Gasteiger partial charge in [0.25, 0.3) is 5.89 Å². The Morgan fingerprint density at radius 3 is 2.68 bits per heavy atom. The molecule has 0 aliphatic heterocycles. The van der Waals surface area contributed by atoms with E-state index in [0.29, 0.717) is 18.7 Å². The Labute approximate surface area is 142 Å². The van der Waals surface area contributed by atoms with Gasteiger partial charge in [-0.2, -0.15) is 18.2 Å². The number of aromatic nitrogens is 2. The third-order valence-electron chi connectivity index (χ3n) is 4.26. The molecule has 1 aromatic heterocycles. The average Bonchev–Trinajstić information content (AvgIpc) is 3.22. The lowest BCUT2D eigenvalue weighted by Crippen LogP contribution is -2.34. The molecule has 1 aromatic carbocycles. The number of hydrogen-bond donors (Lipinski definition) is 1. The van der Waals surface area contributed by atoms with Crippen LogP contribution in [0.5, 0.6) is 5.75 Å². The molecule has 2 aromatic rings. The lowest BCUT2D eigenvalue weighted by Gasteiger charge is -2.17. The molecule has 0 bridgehead atoms. The van der Waals surface area contributed by atoms with Crippen molar-refractivity contribution in [3.05, 3.63) is 42.2 Å². The van der Waals surface area contributed by atoms with E-state index in [0.717, 1.165) is 25.0 Å². The van der Waals surface area contributed by atoms with E-state index in [1.807, 2.05) is 0 Å². The molecule has 1 heterocycles. The summed E-state index contributed by atoms with van der Waals surface area (Å²) in [4.78, 5) is 4.25. The van der Waals surface area contributed by atoms with Crippen LogP contribution < -0.4 is 10.5 Å². The van der Waals surface area contributed by atoms with Crippen molar-refractivity contribution in [1.29, 1.82) is 0 Å². The van der Waals surface area contributed by atoms with Crippen LogP contribution in [0.3, 0.4) is 0 Å². The van der Waals surface area contributed by atoms with Crippen molar-refractivity contribution >= 4 is 0 Å². The van der Waals surface area contributed by atoms with Crippen molar-refractivity contribution in [1.82, 2.24) is 10.1 Å². The number of halogens is 3. The standard InChI is InChI=1S/C17H18F3N3O2/c1-2-9-24-13-6-5-11(17(18,19)20)10-12(13)14-22-15(23-25-14)16(21)7-3-4-8-16/h2,5-6,10H,1,3-4,7-9,21H2. The summed E-state index contributed by atoms with van der Waals surface area (Å²) in [6, 6.07) is 3.12. The first kappa shape index (κ1) is 17.5. The predicted molar refractivity (Wildman–Crippen MR) is 84.8 cm³/mol. The molecule has 134 valence electrons. The SMILES string of the molecule is C=CCOc1ccc(C(F)(F)F)cc1-c1nc(C2(N)CCCC2)no1. The second-order valence-corrected chi connectivity index (χ2v) is 6.09. The van der Waals surface area contributed by atoms with Gasteiger partial charge in [-0.15, -0.1) is 0 Å². The second kappa shape index (κ2) is 6.51. The molecule has 0 radical (unpaired) electrons. The Hall–Kier alpha value is -2.35. The number of alkyl halides is 3. The zero-order chi connectivity index (χ0) is 18.1. The molecule has 1 fully saturated rings. The predicted octanol–water partition coefficient (Wildman–Crippen LogP) is 4.05. The summed E-state index contributed by atoms with van der Waals surface area (Å²) in [5.41, 5.74) is 4.85. The molecule has 1 aliphatic carbocycles. The van der Waals surface area contributed by atoms with Crippen molar-refractivity contribution in [2.45, 2.75) is 37.4 Å². The Balaban J connectivity index is 2.01. The maximum atomic E-state index is 13.0. The third-order valence-corrected chi connectivity index (χ3v) is 4.26. The van der Waals surface area contributed by atoms with E-state index in [4.69, 9.17) is 15.0 Å².